The molecule has 1 aromatic rings. The van der Waals surface area contributed by atoms with Crippen molar-refractivity contribution in [1.82, 2.24) is 5.09 Å². The SMILES string of the molecule is COP(=S)(NCC(=O)O)Oc1ccc(SC)c(C)c1. The van der Waals surface area contributed by atoms with Crippen molar-refractivity contribution in [3.8, 4) is 5.75 Å². The lowest BCUT2D eigenvalue weighted by Crippen LogP contribution is -2.22. The summed E-state index contributed by atoms with van der Waals surface area (Å²) in [6, 6.07) is 5.58. The Kier molecular flexibility index (Phi) is 6.29. The highest BCUT2D eigenvalue weighted by Crippen LogP contribution is 2.44. The first-order valence-corrected chi connectivity index (χ1v) is 9.23. The molecular formula is C11H16NO4PS2. The standard InChI is InChI=1S/C11H16NO4PS2/c1-8-6-9(4-5-10(8)19-3)16-17(18,15-2)12-7-11(13)14/h4-6H,7H2,1-3H3,(H,12,18)(H,13,14). The Labute approximate surface area is 121 Å². The quantitative estimate of drug-likeness (QED) is 0.591. The Hall–Kier alpha value is -0.590. The third-order valence-electron chi connectivity index (χ3n) is 2.26. The lowest BCUT2D eigenvalue weighted by molar-refractivity contribution is -0.135. The van der Waals surface area contributed by atoms with Crippen molar-refractivity contribution in [1.29, 1.82) is 0 Å². The topological polar surface area (TPSA) is 67.8 Å². The molecule has 0 spiro atoms. The van der Waals surface area contributed by atoms with Crippen LogP contribution in [-0.2, 0) is 21.1 Å². The smallest absolute Gasteiger partial charge is 0.317 e. The summed E-state index contributed by atoms with van der Waals surface area (Å²) < 4.78 is 10.7. The van der Waals surface area contributed by atoms with Crippen LogP contribution in [0, 0.1) is 6.92 Å². The van der Waals surface area contributed by atoms with E-state index in [0.717, 1.165) is 10.5 Å². The molecule has 0 aliphatic rings. The summed E-state index contributed by atoms with van der Waals surface area (Å²) in [5.74, 6) is -0.442. The van der Waals surface area contributed by atoms with Crippen LogP contribution in [0.25, 0.3) is 0 Å². The van der Waals surface area contributed by atoms with E-state index in [-0.39, 0.29) is 6.54 Å². The molecule has 0 radical (unpaired) electrons. The van der Waals surface area contributed by atoms with Crippen LogP contribution in [-0.4, -0.2) is 31.0 Å². The van der Waals surface area contributed by atoms with E-state index in [9.17, 15) is 4.79 Å². The van der Waals surface area contributed by atoms with Gasteiger partial charge in [0.2, 0.25) is 0 Å². The second-order valence-electron chi connectivity index (χ2n) is 3.63. The summed E-state index contributed by atoms with van der Waals surface area (Å²) in [4.78, 5) is 11.7. The summed E-state index contributed by atoms with van der Waals surface area (Å²) in [6.07, 6.45) is 2.00. The predicted molar refractivity (Wildman–Crippen MR) is 80.5 cm³/mol. The number of carboxylic acids is 1. The van der Waals surface area contributed by atoms with Crippen molar-refractivity contribution in [2.24, 2.45) is 0 Å². The van der Waals surface area contributed by atoms with E-state index in [1.54, 1.807) is 17.8 Å². The fraction of sp³-hybridized carbons (Fsp3) is 0.364. The van der Waals surface area contributed by atoms with E-state index >= 15 is 0 Å². The number of carboxylic acid groups (broad SMARTS) is 1. The predicted octanol–water partition coefficient (Wildman–Crippen LogP) is 2.64. The van der Waals surface area contributed by atoms with Gasteiger partial charge in [0.1, 0.15) is 12.3 Å². The molecule has 0 amide bonds. The molecule has 1 aromatic carbocycles. The number of carbonyl (C=O) groups is 1. The molecule has 19 heavy (non-hydrogen) atoms. The highest BCUT2D eigenvalue weighted by molar-refractivity contribution is 8.09. The number of hydrogen-bond donors (Lipinski definition) is 2. The Balaban J connectivity index is 2.83. The first-order chi connectivity index (χ1) is 8.90. The van der Waals surface area contributed by atoms with Crippen molar-refractivity contribution >= 4 is 36.2 Å². The van der Waals surface area contributed by atoms with Crippen LogP contribution >= 0.6 is 18.4 Å². The Morgan fingerprint density at radius 3 is 2.74 bits per heavy atom. The summed E-state index contributed by atoms with van der Waals surface area (Å²) in [5, 5.41) is 11.3. The molecule has 0 fully saturated rings. The Morgan fingerprint density at radius 1 is 1.58 bits per heavy atom. The summed E-state index contributed by atoms with van der Waals surface area (Å²) in [5.41, 5.74) is 1.07. The molecule has 0 bridgehead atoms. The van der Waals surface area contributed by atoms with Gasteiger partial charge in [-0.15, -0.1) is 11.8 Å². The molecule has 2 N–H and O–H groups in total. The van der Waals surface area contributed by atoms with E-state index in [1.165, 1.54) is 7.11 Å². The fourth-order valence-corrected chi connectivity index (χ4v) is 3.37. The minimum absolute atomic E-state index is 0.299. The summed E-state index contributed by atoms with van der Waals surface area (Å²) >= 11 is 6.84. The van der Waals surface area contributed by atoms with Gasteiger partial charge >= 0.3 is 12.6 Å². The third kappa shape index (κ3) is 5.12. The number of aliphatic carboxylic acids is 1. The molecule has 8 heteroatoms. The number of rotatable bonds is 7. The maximum absolute atomic E-state index is 10.5. The minimum Gasteiger partial charge on any atom is -0.480 e. The van der Waals surface area contributed by atoms with Gasteiger partial charge in [0.05, 0.1) is 0 Å². The lowest BCUT2D eigenvalue weighted by Gasteiger charge is -2.21. The molecule has 1 rings (SSSR count). The zero-order valence-corrected chi connectivity index (χ0v) is 13.4. The summed E-state index contributed by atoms with van der Waals surface area (Å²) in [7, 11) is 1.40. The van der Waals surface area contributed by atoms with Crippen LogP contribution in [0.5, 0.6) is 5.75 Å². The second kappa shape index (κ2) is 7.26. The minimum atomic E-state index is -2.82. The van der Waals surface area contributed by atoms with Gasteiger partial charge < -0.3 is 14.2 Å². The zero-order chi connectivity index (χ0) is 14.5. The van der Waals surface area contributed by atoms with Crippen molar-refractivity contribution in [3.63, 3.8) is 0 Å². The van der Waals surface area contributed by atoms with Gasteiger partial charge in [-0.1, -0.05) is 0 Å². The molecular weight excluding hydrogens is 305 g/mol. The van der Waals surface area contributed by atoms with Gasteiger partial charge in [-0.2, -0.15) is 0 Å². The van der Waals surface area contributed by atoms with E-state index in [1.807, 2.05) is 25.3 Å². The van der Waals surface area contributed by atoms with E-state index in [2.05, 4.69) is 5.09 Å². The molecule has 0 aliphatic carbocycles. The molecule has 0 heterocycles. The molecule has 0 saturated heterocycles. The molecule has 5 nitrogen and oxygen atoms in total. The molecule has 0 aliphatic heterocycles. The largest absolute Gasteiger partial charge is 0.480 e. The second-order valence-corrected chi connectivity index (χ2v) is 7.78. The number of thioether (sulfide) groups is 1. The number of benzene rings is 1. The zero-order valence-electron chi connectivity index (χ0n) is 10.9. The van der Waals surface area contributed by atoms with E-state index in [0.29, 0.717) is 5.75 Å². The van der Waals surface area contributed by atoms with Crippen molar-refractivity contribution < 1.29 is 18.9 Å². The average Bonchev–Trinajstić information content (AvgIpc) is 2.37. The maximum atomic E-state index is 10.5. The van der Waals surface area contributed by atoms with Crippen LogP contribution < -0.4 is 9.61 Å². The van der Waals surface area contributed by atoms with Crippen LogP contribution in [0.1, 0.15) is 5.56 Å². The van der Waals surface area contributed by atoms with Crippen molar-refractivity contribution in [2.75, 3.05) is 19.9 Å². The molecule has 0 saturated carbocycles. The third-order valence-corrected chi connectivity index (χ3v) is 5.69. The van der Waals surface area contributed by atoms with E-state index < -0.39 is 12.6 Å². The highest BCUT2D eigenvalue weighted by atomic mass is 32.5. The number of hydrogen-bond acceptors (Lipinski definition) is 5. The van der Waals surface area contributed by atoms with E-state index in [4.69, 9.17) is 26.0 Å². The van der Waals surface area contributed by atoms with Crippen LogP contribution in [0.3, 0.4) is 0 Å². The number of nitrogens with one attached hydrogen (secondary N) is 1. The van der Waals surface area contributed by atoms with Gasteiger partial charge in [0.15, 0.2) is 0 Å². The number of aryl methyl sites for hydroxylation is 1. The van der Waals surface area contributed by atoms with Crippen molar-refractivity contribution in [3.05, 3.63) is 23.8 Å². The van der Waals surface area contributed by atoms with Gasteiger partial charge in [-0.3, -0.25) is 4.79 Å². The Morgan fingerprint density at radius 2 is 2.26 bits per heavy atom. The first kappa shape index (κ1) is 16.5. The summed E-state index contributed by atoms with van der Waals surface area (Å²) in [6.45, 7) is -1.15. The van der Waals surface area contributed by atoms with Crippen LogP contribution in [0.4, 0.5) is 0 Å². The lowest BCUT2D eigenvalue weighted by atomic mass is 10.2. The average molecular weight is 321 g/mol. The fourth-order valence-electron chi connectivity index (χ4n) is 1.35. The monoisotopic (exact) mass is 321 g/mol. The molecule has 106 valence electrons. The van der Waals surface area contributed by atoms with Gasteiger partial charge in [0.25, 0.3) is 0 Å². The van der Waals surface area contributed by atoms with Crippen LogP contribution in [0.15, 0.2) is 23.1 Å². The normalized spacial score (nSPS) is 13.8. The first-order valence-electron chi connectivity index (χ1n) is 5.37. The maximum Gasteiger partial charge on any atom is 0.317 e. The van der Waals surface area contributed by atoms with Gasteiger partial charge in [0, 0.05) is 12.0 Å². The highest BCUT2D eigenvalue weighted by Gasteiger charge is 2.20. The molecule has 0 aromatic heterocycles. The van der Waals surface area contributed by atoms with Crippen molar-refractivity contribution in [2.45, 2.75) is 11.8 Å². The van der Waals surface area contributed by atoms with Gasteiger partial charge in [-0.25, -0.2) is 5.09 Å². The Bertz CT molecular complexity index is 509. The molecule has 1 atom stereocenters. The molecule has 1 unspecified atom stereocenters. The van der Waals surface area contributed by atoms with Crippen LogP contribution in [0.2, 0.25) is 0 Å². The van der Waals surface area contributed by atoms with Gasteiger partial charge in [-0.05, 0) is 48.7 Å².